The first-order chi connectivity index (χ1) is 14.9. The summed E-state index contributed by atoms with van der Waals surface area (Å²) in [6.07, 6.45) is 2.06. The maximum Gasteiger partial charge on any atom is 0.307 e. The molecule has 1 unspecified atom stereocenters. The minimum absolute atomic E-state index is 0.0244. The molecule has 1 N–H and O–H groups in total. The van der Waals surface area contributed by atoms with Crippen molar-refractivity contribution in [2.75, 3.05) is 14.2 Å². The van der Waals surface area contributed by atoms with Crippen LogP contribution in [-0.2, 0) is 11.2 Å². The lowest BCUT2D eigenvalue weighted by molar-refractivity contribution is -0.136. The van der Waals surface area contributed by atoms with Crippen molar-refractivity contribution >= 4 is 22.5 Å². The van der Waals surface area contributed by atoms with Crippen LogP contribution in [0.25, 0.3) is 10.8 Å². The number of fused-ring (bicyclic) bond motifs is 1. The number of ether oxygens (including phenoxy) is 3. The molecule has 2 aromatic carbocycles. The second-order valence-corrected chi connectivity index (χ2v) is 7.15. The summed E-state index contributed by atoms with van der Waals surface area (Å²) in [6, 6.07) is 10.3. The number of benzene rings is 2. The molecule has 1 aromatic heterocycles. The topological polar surface area (TPSA) is 95.0 Å². The van der Waals surface area contributed by atoms with Gasteiger partial charge in [-0.1, -0.05) is 19.1 Å². The zero-order chi connectivity index (χ0) is 22.5. The fourth-order valence-electron chi connectivity index (χ4n) is 3.27. The smallest absolute Gasteiger partial charge is 0.307 e. The number of carbonyl (C=O) groups is 2. The van der Waals surface area contributed by atoms with Gasteiger partial charge in [-0.2, -0.15) is 0 Å². The molecule has 1 heterocycles. The Hall–Kier alpha value is -3.61. The Balaban J connectivity index is 2.14. The predicted molar refractivity (Wildman–Crippen MR) is 116 cm³/mol. The first kappa shape index (κ1) is 22.1. The van der Waals surface area contributed by atoms with E-state index in [0.717, 1.165) is 6.42 Å². The third-order valence-corrected chi connectivity index (χ3v) is 5.04. The molecule has 3 rings (SSSR count). The van der Waals surface area contributed by atoms with Crippen molar-refractivity contribution < 1.29 is 28.9 Å². The van der Waals surface area contributed by atoms with Gasteiger partial charge < -0.3 is 19.3 Å². The lowest BCUT2D eigenvalue weighted by Gasteiger charge is -2.15. The normalized spacial score (nSPS) is 11.7. The van der Waals surface area contributed by atoms with Gasteiger partial charge in [-0.25, -0.2) is 0 Å². The van der Waals surface area contributed by atoms with Crippen LogP contribution in [0.15, 0.2) is 42.6 Å². The number of carbonyl (C=O) groups excluding carboxylic acids is 1. The van der Waals surface area contributed by atoms with Crippen LogP contribution >= 0.6 is 0 Å². The molecule has 3 aromatic rings. The van der Waals surface area contributed by atoms with Gasteiger partial charge in [-0.05, 0) is 48.6 Å². The van der Waals surface area contributed by atoms with Crippen LogP contribution in [0, 0.1) is 0 Å². The first-order valence-electron chi connectivity index (χ1n) is 9.94. The lowest BCUT2D eigenvalue weighted by atomic mass is 9.98. The third kappa shape index (κ3) is 4.77. The van der Waals surface area contributed by atoms with Crippen LogP contribution < -0.4 is 14.2 Å². The second-order valence-electron chi connectivity index (χ2n) is 7.15. The highest BCUT2D eigenvalue weighted by Crippen LogP contribution is 2.35. The van der Waals surface area contributed by atoms with Crippen LogP contribution in [0.4, 0.5) is 0 Å². The highest BCUT2D eigenvalue weighted by atomic mass is 16.5. The highest BCUT2D eigenvalue weighted by Gasteiger charge is 2.20. The molecule has 0 fully saturated rings. The van der Waals surface area contributed by atoms with Gasteiger partial charge in [-0.3, -0.25) is 14.6 Å². The summed E-state index contributed by atoms with van der Waals surface area (Å²) >= 11 is 0. The fraction of sp³-hybridized carbons (Fsp3) is 0.292. The Labute approximate surface area is 180 Å². The zero-order valence-corrected chi connectivity index (χ0v) is 18.0. The molecule has 0 radical (unpaired) electrons. The molecule has 0 amide bonds. The molecule has 0 saturated heterocycles. The van der Waals surface area contributed by atoms with Crippen molar-refractivity contribution in [3.05, 3.63) is 59.4 Å². The largest absolute Gasteiger partial charge is 0.493 e. The first-order valence-corrected chi connectivity index (χ1v) is 9.94. The molecule has 31 heavy (non-hydrogen) atoms. The molecule has 0 saturated carbocycles. The Morgan fingerprint density at radius 1 is 1.06 bits per heavy atom. The number of nitrogens with zero attached hydrogens (tertiary/aromatic N) is 1. The molecule has 7 nitrogen and oxygen atoms in total. The van der Waals surface area contributed by atoms with E-state index in [1.165, 1.54) is 20.4 Å². The average Bonchev–Trinajstić information content (AvgIpc) is 2.77. The molecule has 7 heteroatoms. The van der Waals surface area contributed by atoms with E-state index in [1.54, 1.807) is 36.4 Å². The van der Waals surface area contributed by atoms with Gasteiger partial charge >= 0.3 is 5.97 Å². The number of rotatable bonds is 9. The number of aromatic nitrogens is 1. The van der Waals surface area contributed by atoms with E-state index in [1.807, 2.05) is 13.8 Å². The Morgan fingerprint density at radius 2 is 1.74 bits per heavy atom. The molecule has 0 aliphatic carbocycles. The van der Waals surface area contributed by atoms with E-state index in [2.05, 4.69) is 4.98 Å². The maximum absolute atomic E-state index is 13.3. The average molecular weight is 423 g/mol. The third-order valence-electron chi connectivity index (χ3n) is 5.04. The number of carboxylic acids is 1. The minimum Gasteiger partial charge on any atom is -0.493 e. The minimum atomic E-state index is -0.994. The van der Waals surface area contributed by atoms with E-state index >= 15 is 0 Å². The van der Waals surface area contributed by atoms with Gasteiger partial charge in [0.25, 0.3) is 0 Å². The van der Waals surface area contributed by atoms with Crippen molar-refractivity contribution in [2.45, 2.75) is 32.8 Å². The monoisotopic (exact) mass is 423 g/mol. The molecular formula is C24H25NO6. The molecular weight excluding hydrogens is 398 g/mol. The number of aliphatic carboxylic acids is 1. The maximum atomic E-state index is 13.3. The predicted octanol–water partition coefficient (Wildman–Crippen LogP) is 4.29. The highest BCUT2D eigenvalue weighted by molar-refractivity contribution is 6.16. The summed E-state index contributed by atoms with van der Waals surface area (Å²) < 4.78 is 16.6. The number of methoxy groups -OCH3 is 2. The molecule has 0 aliphatic heterocycles. The van der Waals surface area contributed by atoms with Crippen molar-refractivity contribution in [3.63, 3.8) is 0 Å². The summed E-state index contributed by atoms with van der Waals surface area (Å²) in [6.45, 7) is 3.99. The van der Waals surface area contributed by atoms with E-state index in [0.29, 0.717) is 39.1 Å². The van der Waals surface area contributed by atoms with Gasteiger partial charge in [0.05, 0.1) is 26.7 Å². The molecule has 0 aliphatic rings. The SMILES string of the molecule is CCC(C)Oc1cccc(C(=O)c2ncc(CC(=O)O)c3cc(OC)c(OC)cc23)c1. The number of hydrogen-bond donors (Lipinski definition) is 1. The summed E-state index contributed by atoms with van der Waals surface area (Å²) in [5.41, 5.74) is 1.11. The van der Waals surface area contributed by atoms with Crippen molar-refractivity contribution in [1.82, 2.24) is 4.98 Å². The number of hydrogen-bond acceptors (Lipinski definition) is 6. The van der Waals surface area contributed by atoms with Gasteiger partial charge in [-0.15, -0.1) is 0 Å². The number of pyridine rings is 1. The summed E-state index contributed by atoms with van der Waals surface area (Å²) in [7, 11) is 2.99. The zero-order valence-electron chi connectivity index (χ0n) is 18.0. The lowest BCUT2D eigenvalue weighted by Crippen LogP contribution is -2.11. The second kappa shape index (κ2) is 9.47. The van der Waals surface area contributed by atoms with E-state index < -0.39 is 5.97 Å². The van der Waals surface area contributed by atoms with Crippen molar-refractivity contribution in [1.29, 1.82) is 0 Å². The Morgan fingerprint density at radius 3 is 2.35 bits per heavy atom. The molecule has 1 atom stereocenters. The van der Waals surface area contributed by atoms with Gasteiger partial charge in [0.1, 0.15) is 11.4 Å². The molecule has 0 spiro atoms. The van der Waals surface area contributed by atoms with Crippen molar-refractivity contribution in [2.24, 2.45) is 0 Å². The van der Waals surface area contributed by atoms with Gasteiger partial charge in [0.2, 0.25) is 5.78 Å². The van der Waals surface area contributed by atoms with Gasteiger partial charge in [0, 0.05) is 17.1 Å². The van der Waals surface area contributed by atoms with E-state index in [4.69, 9.17) is 14.2 Å². The van der Waals surface area contributed by atoms with Crippen LogP contribution in [0.1, 0.15) is 41.9 Å². The van der Waals surface area contributed by atoms with Crippen LogP contribution in [0.3, 0.4) is 0 Å². The Kier molecular flexibility index (Phi) is 6.74. The summed E-state index contributed by atoms with van der Waals surface area (Å²) in [5.74, 6) is 0.175. The van der Waals surface area contributed by atoms with Crippen molar-refractivity contribution in [3.8, 4) is 17.2 Å². The van der Waals surface area contributed by atoms with Crippen LogP contribution in [0.5, 0.6) is 17.2 Å². The molecule has 0 bridgehead atoms. The van der Waals surface area contributed by atoms with E-state index in [-0.39, 0.29) is 24.0 Å². The number of ketones is 1. The fourth-order valence-corrected chi connectivity index (χ4v) is 3.27. The number of carboxylic acid groups (broad SMARTS) is 1. The van der Waals surface area contributed by atoms with Gasteiger partial charge in [0.15, 0.2) is 11.5 Å². The standard InChI is InChI=1S/C24H25NO6/c1-5-14(2)31-17-8-6-7-15(9-17)24(28)23-19-12-21(30-4)20(29-3)11-18(19)16(13-25-23)10-22(26)27/h6-9,11-14H,5,10H2,1-4H3,(H,26,27). The van der Waals surface area contributed by atoms with Crippen LogP contribution in [-0.4, -0.2) is 42.2 Å². The summed E-state index contributed by atoms with van der Waals surface area (Å²) in [4.78, 5) is 29.0. The van der Waals surface area contributed by atoms with Crippen LogP contribution in [0.2, 0.25) is 0 Å². The molecule has 162 valence electrons. The quantitative estimate of drug-likeness (QED) is 0.513. The van der Waals surface area contributed by atoms with E-state index in [9.17, 15) is 14.7 Å². The summed E-state index contributed by atoms with van der Waals surface area (Å²) in [5, 5.41) is 10.3. The Bertz CT molecular complexity index is 1120.